The van der Waals surface area contributed by atoms with Gasteiger partial charge in [0.25, 0.3) is 0 Å². The molecule has 0 bridgehead atoms. The maximum absolute atomic E-state index is 8.82. The third-order valence-corrected chi connectivity index (χ3v) is 2.67. The predicted molar refractivity (Wildman–Crippen MR) is 53.0 cm³/mol. The van der Waals surface area contributed by atoms with Crippen LogP contribution in [0.15, 0.2) is 12.1 Å². The molecule has 3 heteroatoms. The first kappa shape index (κ1) is 9.04. The minimum Gasteiger partial charge on any atom is -0.496 e. The molecule has 1 unspecified atom stereocenters. The number of hydrogen-bond donors (Lipinski definition) is 1. The molecule has 14 heavy (non-hydrogen) atoms. The molecule has 2 rings (SSSR count). The van der Waals surface area contributed by atoms with Crippen molar-refractivity contribution in [2.75, 3.05) is 7.11 Å². The zero-order chi connectivity index (χ0) is 10.1. The Labute approximate surface area is 83.1 Å². The van der Waals surface area contributed by atoms with E-state index in [0.29, 0.717) is 5.56 Å². The molecule has 0 aromatic heterocycles. The number of ether oxygens (including phenoxy) is 1. The largest absolute Gasteiger partial charge is 0.496 e. The van der Waals surface area contributed by atoms with Gasteiger partial charge in [-0.3, -0.25) is 0 Å². The lowest BCUT2D eigenvalue weighted by molar-refractivity contribution is 0.407. The Bertz CT molecular complexity index is 406. The van der Waals surface area contributed by atoms with Gasteiger partial charge >= 0.3 is 0 Å². The minimum atomic E-state index is 0.0627. The van der Waals surface area contributed by atoms with Gasteiger partial charge in [-0.25, -0.2) is 0 Å². The first-order valence-electron chi connectivity index (χ1n) is 4.62. The first-order valence-corrected chi connectivity index (χ1v) is 4.62. The Balaban J connectivity index is 2.60. The molecule has 2 N–H and O–H groups in total. The topological polar surface area (TPSA) is 59.0 Å². The zero-order valence-corrected chi connectivity index (χ0v) is 8.08. The Hall–Kier alpha value is -1.53. The minimum absolute atomic E-state index is 0.0627. The first-order chi connectivity index (χ1) is 6.76. The second-order valence-corrected chi connectivity index (χ2v) is 3.51. The molecule has 1 aliphatic carbocycles. The smallest absolute Gasteiger partial charge is 0.125 e. The molecule has 1 atom stereocenters. The van der Waals surface area contributed by atoms with Crippen LogP contribution in [0.5, 0.6) is 5.75 Å². The van der Waals surface area contributed by atoms with Crippen molar-refractivity contribution in [1.82, 2.24) is 0 Å². The number of rotatable bonds is 1. The lowest BCUT2D eigenvalue weighted by Gasteiger charge is -2.11. The monoisotopic (exact) mass is 188 g/mol. The van der Waals surface area contributed by atoms with E-state index < -0.39 is 0 Å². The number of nitriles is 1. The molecular formula is C11H12N2O. The summed E-state index contributed by atoms with van der Waals surface area (Å²) in [7, 11) is 1.61. The molecular weight excluding hydrogens is 176 g/mol. The van der Waals surface area contributed by atoms with Crippen molar-refractivity contribution in [1.29, 1.82) is 5.26 Å². The fourth-order valence-corrected chi connectivity index (χ4v) is 2.00. The van der Waals surface area contributed by atoms with Gasteiger partial charge in [-0.15, -0.1) is 0 Å². The van der Waals surface area contributed by atoms with Crippen molar-refractivity contribution < 1.29 is 4.74 Å². The quantitative estimate of drug-likeness (QED) is 0.726. The van der Waals surface area contributed by atoms with Crippen LogP contribution in [0.2, 0.25) is 0 Å². The van der Waals surface area contributed by atoms with Gasteiger partial charge in [0.15, 0.2) is 0 Å². The van der Waals surface area contributed by atoms with E-state index in [4.69, 9.17) is 15.7 Å². The molecule has 0 spiro atoms. The lowest BCUT2D eigenvalue weighted by Crippen LogP contribution is -2.07. The van der Waals surface area contributed by atoms with Crippen LogP contribution in [0.25, 0.3) is 0 Å². The van der Waals surface area contributed by atoms with E-state index in [2.05, 4.69) is 6.07 Å². The number of nitrogens with two attached hydrogens (primary N) is 1. The Morgan fingerprint density at radius 2 is 2.36 bits per heavy atom. The zero-order valence-electron chi connectivity index (χ0n) is 8.08. The second-order valence-electron chi connectivity index (χ2n) is 3.51. The van der Waals surface area contributed by atoms with Gasteiger partial charge in [0.1, 0.15) is 5.75 Å². The van der Waals surface area contributed by atoms with Crippen LogP contribution in [0.1, 0.15) is 29.2 Å². The van der Waals surface area contributed by atoms with Crippen LogP contribution in [-0.2, 0) is 6.42 Å². The molecule has 0 saturated carbocycles. The summed E-state index contributed by atoms with van der Waals surface area (Å²) in [5.41, 5.74) is 8.84. The summed E-state index contributed by atoms with van der Waals surface area (Å²) >= 11 is 0. The second kappa shape index (κ2) is 3.32. The molecule has 0 saturated heterocycles. The molecule has 0 amide bonds. The third kappa shape index (κ3) is 1.24. The number of benzene rings is 1. The summed E-state index contributed by atoms with van der Waals surface area (Å²) < 4.78 is 5.24. The lowest BCUT2D eigenvalue weighted by atomic mass is 10.0. The van der Waals surface area contributed by atoms with Crippen LogP contribution in [0.3, 0.4) is 0 Å². The number of fused-ring (bicyclic) bond motifs is 1. The highest BCUT2D eigenvalue weighted by Gasteiger charge is 2.23. The van der Waals surface area contributed by atoms with Gasteiger partial charge in [-0.2, -0.15) is 5.26 Å². The summed E-state index contributed by atoms with van der Waals surface area (Å²) in [6, 6.07) is 5.85. The van der Waals surface area contributed by atoms with E-state index in [0.717, 1.165) is 29.7 Å². The van der Waals surface area contributed by atoms with Gasteiger partial charge in [-0.1, -0.05) is 0 Å². The van der Waals surface area contributed by atoms with E-state index in [1.54, 1.807) is 13.2 Å². The summed E-state index contributed by atoms with van der Waals surface area (Å²) in [6.07, 6.45) is 1.89. The standard InChI is InChI=1S/C11H12N2O/c1-14-10-5-7(6-12)4-8-2-3-9(13)11(8)10/h4-5,9H,2-3,13H2,1H3. The van der Waals surface area contributed by atoms with Crippen molar-refractivity contribution in [2.45, 2.75) is 18.9 Å². The van der Waals surface area contributed by atoms with Crippen LogP contribution in [0.4, 0.5) is 0 Å². The highest BCUT2D eigenvalue weighted by molar-refractivity contribution is 5.51. The highest BCUT2D eigenvalue weighted by Crippen LogP contribution is 2.37. The fourth-order valence-electron chi connectivity index (χ4n) is 2.00. The van der Waals surface area contributed by atoms with E-state index in [-0.39, 0.29) is 6.04 Å². The van der Waals surface area contributed by atoms with E-state index in [9.17, 15) is 0 Å². The van der Waals surface area contributed by atoms with Gasteiger partial charge in [-0.05, 0) is 30.5 Å². The average Bonchev–Trinajstić information content (AvgIpc) is 2.59. The van der Waals surface area contributed by atoms with Crippen molar-refractivity contribution in [2.24, 2.45) is 5.73 Å². The van der Waals surface area contributed by atoms with Crippen molar-refractivity contribution in [3.8, 4) is 11.8 Å². The van der Waals surface area contributed by atoms with Gasteiger partial charge in [0.05, 0.1) is 18.7 Å². The van der Waals surface area contributed by atoms with Crippen LogP contribution in [0, 0.1) is 11.3 Å². The van der Waals surface area contributed by atoms with E-state index in [1.165, 1.54) is 0 Å². The number of methoxy groups -OCH3 is 1. The highest BCUT2D eigenvalue weighted by atomic mass is 16.5. The van der Waals surface area contributed by atoms with E-state index in [1.807, 2.05) is 6.07 Å². The van der Waals surface area contributed by atoms with Crippen LogP contribution < -0.4 is 10.5 Å². The molecule has 0 heterocycles. The predicted octanol–water partition coefficient (Wildman–Crippen LogP) is 1.51. The van der Waals surface area contributed by atoms with Crippen LogP contribution >= 0.6 is 0 Å². The maximum Gasteiger partial charge on any atom is 0.125 e. The Morgan fingerprint density at radius 1 is 1.57 bits per heavy atom. The summed E-state index contributed by atoms with van der Waals surface area (Å²) in [4.78, 5) is 0. The Morgan fingerprint density at radius 3 is 3.00 bits per heavy atom. The fraction of sp³-hybridized carbons (Fsp3) is 0.364. The Kier molecular flexibility index (Phi) is 2.14. The molecule has 0 aliphatic heterocycles. The van der Waals surface area contributed by atoms with Gasteiger partial charge in [0.2, 0.25) is 0 Å². The maximum atomic E-state index is 8.82. The third-order valence-electron chi connectivity index (χ3n) is 2.67. The van der Waals surface area contributed by atoms with Gasteiger partial charge in [0, 0.05) is 11.6 Å². The SMILES string of the molecule is COc1cc(C#N)cc2c1C(N)CC2. The molecule has 3 nitrogen and oxygen atoms in total. The summed E-state index contributed by atoms with van der Waals surface area (Å²) in [6.45, 7) is 0. The molecule has 0 fully saturated rings. The molecule has 1 aromatic rings. The average molecular weight is 188 g/mol. The van der Waals surface area contributed by atoms with Crippen molar-refractivity contribution in [3.05, 3.63) is 28.8 Å². The molecule has 1 aliphatic rings. The normalized spacial score (nSPS) is 18.8. The summed E-state index contributed by atoms with van der Waals surface area (Å²) in [5.74, 6) is 0.754. The number of hydrogen-bond acceptors (Lipinski definition) is 3. The molecule has 1 aromatic carbocycles. The van der Waals surface area contributed by atoms with Gasteiger partial charge < -0.3 is 10.5 Å². The van der Waals surface area contributed by atoms with Crippen molar-refractivity contribution >= 4 is 0 Å². The number of nitrogens with zero attached hydrogens (tertiary/aromatic N) is 1. The van der Waals surface area contributed by atoms with Crippen molar-refractivity contribution in [3.63, 3.8) is 0 Å². The van der Waals surface area contributed by atoms with E-state index >= 15 is 0 Å². The molecule has 72 valence electrons. The summed E-state index contributed by atoms with van der Waals surface area (Å²) in [5, 5.41) is 8.82. The number of aryl methyl sites for hydroxylation is 1. The van der Waals surface area contributed by atoms with Crippen LogP contribution in [-0.4, -0.2) is 7.11 Å². The molecule has 0 radical (unpaired) electrons.